The Labute approximate surface area is 149 Å². The van der Waals surface area contributed by atoms with Crippen molar-refractivity contribution in [3.8, 4) is 0 Å². The first-order valence-corrected chi connectivity index (χ1v) is 10.0. The first-order valence-electron chi connectivity index (χ1n) is 9.03. The number of hydrogen-bond donors (Lipinski definition) is 0. The van der Waals surface area contributed by atoms with Gasteiger partial charge in [0.2, 0.25) is 0 Å². The van der Waals surface area contributed by atoms with Crippen LogP contribution in [0.25, 0.3) is 0 Å². The minimum absolute atomic E-state index is 0.130. The Hall–Kier alpha value is -1.54. The standard InChI is InChI=1S/C22H26OS/c1-3-5-15-22(4-2)16-24-19-14-10-9-13-18(19)20(21(22)23)17-11-7-6-8-12-17/h6-14,20H,3-5,15-16H2,1-2H3/t20-,22+/m0/s1. The normalized spacial score (nSPS) is 23.6. The van der Waals surface area contributed by atoms with Gasteiger partial charge in [-0.25, -0.2) is 0 Å². The maximum atomic E-state index is 13.8. The second kappa shape index (κ2) is 7.57. The van der Waals surface area contributed by atoms with Crippen molar-refractivity contribution < 1.29 is 4.79 Å². The molecular weight excluding hydrogens is 312 g/mol. The fraction of sp³-hybridized carbons (Fsp3) is 0.409. The summed E-state index contributed by atoms with van der Waals surface area (Å²) in [4.78, 5) is 15.0. The minimum atomic E-state index is -0.208. The predicted molar refractivity (Wildman–Crippen MR) is 103 cm³/mol. The molecule has 0 aliphatic carbocycles. The number of hydrogen-bond acceptors (Lipinski definition) is 2. The van der Waals surface area contributed by atoms with Crippen LogP contribution in [0, 0.1) is 5.41 Å². The summed E-state index contributed by atoms with van der Waals surface area (Å²) in [7, 11) is 0. The SMILES string of the molecule is CCCC[C@]1(CC)CSc2ccccc2[C@H](c2ccccc2)C1=O. The van der Waals surface area contributed by atoms with Crippen LogP contribution < -0.4 is 0 Å². The quantitative estimate of drug-likeness (QED) is 0.657. The predicted octanol–water partition coefficient (Wildman–Crippen LogP) is 6.08. The zero-order chi connectivity index (χ0) is 17.0. The number of Topliss-reactive ketones (excluding diaryl/α,β-unsaturated/α-hetero) is 1. The molecule has 0 radical (unpaired) electrons. The van der Waals surface area contributed by atoms with E-state index in [9.17, 15) is 4.79 Å². The lowest BCUT2D eigenvalue weighted by atomic mass is 9.70. The molecule has 0 saturated heterocycles. The molecule has 2 atom stereocenters. The first-order chi connectivity index (χ1) is 11.7. The van der Waals surface area contributed by atoms with E-state index in [0.717, 1.165) is 37.0 Å². The van der Waals surface area contributed by atoms with Gasteiger partial charge in [-0.1, -0.05) is 75.2 Å². The Morgan fingerprint density at radius 3 is 2.46 bits per heavy atom. The van der Waals surface area contributed by atoms with Crippen molar-refractivity contribution in [3.05, 3.63) is 65.7 Å². The molecule has 0 unspecified atom stereocenters. The van der Waals surface area contributed by atoms with Crippen molar-refractivity contribution in [2.24, 2.45) is 5.41 Å². The third-order valence-corrected chi connectivity index (χ3v) is 6.72. The Bertz CT molecular complexity index is 694. The van der Waals surface area contributed by atoms with Crippen molar-refractivity contribution >= 4 is 17.5 Å². The van der Waals surface area contributed by atoms with Gasteiger partial charge in [0.25, 0.3) is 0 Å². The highest BCUT2D eigenvalue weighted by molar-refractivity contribution is 7.99. The van der Waals surface area contributed by atoms with E-state index in [-0.39, 0.29) is 11.3 Å². The molecule has 2 aromatic rings. The molecule has 1 aliphatic rings. The van der Waals surface area contributed by atoms with E-state index in [2.05, 4.69) is 50.2 Å². The van der Waals surface area contributed by atoms with E-state index in [1.807, 2.05) is 30.0 Å². The monoisotopic (exact) mass is 338 g/mol. The molecule has 24 heavy (non-hydrogen) atoms. The number of thioether (sulfide) groups is 1. The lowest BCUT2D eigenvalue weighted by molar-refractivity contribution is -0.128. The molecule has 0 aromatic heterocycles. The Morgan fingerprint density at radius 1 is 1.04 bits per heavy atom. The van der Waals surface area contributed by atoms with Gasteiger partial charge >= 0.3 is 0 Å². The highest BCUT2D eigenvalue weighted by atomic mass is 32.2. The van der Waals surface area contributed by atoms with Crippen LogP contribution in [0.1, 0.15) is 56.6 Å². The maximum Gasteiger partial charge on any atom is 0.151 e. The van der Waals surface area contributed by atoms with Crippen LogP contribution in [0.15, 0.2) is 59.5 Å². The van der Waals surface area contributed by atoms with Crippen LogP contribution in [0.3, 0.4) is 0 Å². The van der Waals surface area contributed by atoms with Crippen molar-refractivity contribution in [1.29, 1.82) is 0 Å². The van der Waals surface area contributed by atoms with Gasteiger partial charge in [-0.3, -0.25) is 4.79 Å². The summed E-state index contributed by atoms with van der Waals surface area (Å²) in [5.74, 6) is 1.19. The van der Waals surface area contributed by atoms with Crippen LogP contribution in [-0.4, -0.2) is 11.5 Å². The second-order valence-electron chi connectivity index (χ2n) is 6.77. The molecular formula is C22H26OS. The Balaban J connectivity index is 2.11. The first kappa shape index (κ1) is 17.3. The number of fused-ring (bicyclic) bond motifs is 1. The van der Waals surface area contributed by atoms with Crippen LogP contribution in [0.5, 0.6) is 0 Å². The molecule has 2 aromatic carbocycles. The smallest absolute Gasteiger partial charge is 0.151 e. The van der Waals surface area contributed by atoms with Crippen molar-refractivity contribution in [2.45, 2.75) is 50.3 Å². The lowest BCUT2D eigenvalue weighted by Crippen LogP contribution is -2.36. The van der Waals surface area contributed by atoms with Gasteiger partial charge < -0.3 is 0 Å². The van der Waals surface area contributed by atoms with Gasteiger partial charge in [-0.15, -0.1) is 11.8 Å². The average Bonchev–Trinajstić information content (AvgIpc) is 2.76. The molecule has 1 nitrogen and oxygen atoms in total. The summed E-state index contributed by atoms with van der Waals surface area (Å²) >= 11 is 1.87. The number of benzene rings is 2. The van der Waals surface area contributed by atoms with E-state index in [4.69, 9.17) is 0 Å². The molecule has 126 valence electrons. The summed E-state index contributed by atoms with van der Waals surface area (Å²) in [6, 6.07) is 18.8. The summed E-state index contributed by atoms with van der Waals surface area (Å²) in [5.41, 5.74) is 2.11. The van der Waals surface area contributed by atoms with E-state index in [0.29, 0.717) is 5.78 Å². The van der Waals surface area contributed by atoms with Crippen LogP contribution in [0.4, 0.5) is 0 Å². The zero-order valence-corrected chi connectivity index (χ0v) is 15.4. The van der Waals surface area contributed by atoms with Crippen molar-refractivity contribution in [3.63, 3.8) is 0 Å². The van der Waals surface area contributed by atoms with Gasteiger partial charge in [-0.2, -0.15) is 0 Å². The molecule has 0 N–H and O–H groups in total. The number of unbranched alkanes of at least 4 members (excludes halogenated alkanes) is 1. The summed E-state index contributed by atoms with van der Waals surface area (Å²) < 4.78 is 0. The number of rotatable bonds is 5. The fourth-order valence-electron chi connectivity index (χ4n) is 3.72. The zero-order valence-electron chi connectivity index (χ0n) is 14.6. The Kier molecular flexibility index (Phi) is 5.45. The van der Waals surface area contributed by atoms with Crippen LogP contribution in [0.2, 0.25) is 0 Å². The van der Waals surface area contributed by atoms with Gasteiger partial charge in [0.1, 0.15) is 0 Å². The number of ketones is 1. The average molecular weight is 339 g/mol. The number of carbonyl (C=O) groups is 1. The van der Waals surface area contributed by atoms with E-state index >= 15 is 0 Å². The van der Waals surface area contributed by atoms with Gasteiger partial charge in [-0.05, 0) is 30.0 Å². The maximum absolute atomic E-state index is 13.8. The minimum Gasteiger partial charge on any atom is -0.298 e. The molecule has 0 spiro atoms. The topological polar surface area (TPSA) is 17.1 Å². The second-order valence-corrected chi connectivity index (χ2v) is 7.79. The van der Waals surface area contributed by atoms with Crippen molar-refractivity contribution in [2.75, 3.05) is 5.75 Å². The van der Waals surface area contributed by atoms with Crippen LogP contribution >= 0.6 is 11.8 Å². The highest BCUT2D eigenvalue weighted by Crippen LogP contribution is 2.47. The fourth-order valence-corrected chi connectivity index (χ4v) is 5.17. The largest absolute Gasteiger partial charge is 0.298 e. The molecule has 1 aliphatic heterocycles. The van der Waals surface area contributed by atoms with E-state index in [1.165, 1.54) is 10.5 Å². The van der Waals surface area contributed by atoms with Gasteiger partial charge in [0.15, 0.2) is 5.78 Å². The third-order valence-electron chi connectivity index (χ3n) is 5.34. The molecule has 3 rings (SSSR count). The summed E-state index contributed by atoms with van der Waals surface area (Å²) in [6.45, 7) is 4.40. The van der Waals surface area contributed by atoms with Gasteiger partial charge in [0, 0.05) is 16.1 Å². The van der Waals surface area contributed by atoms with Crippen LogP contribution in [-0.2, 0) is 4.79 Å². The molecule has 2 heteroatoms. The lowest BCUT2D eigenvalue weighted by Gasteiger charge is -2.32. The van der Waals surface area contributed by atoms with Gasteiger partial charge in [0.05, 0.1) is 5.92 Å². The molecule has 1 heterocycles. The molecule has 0 fully saturated rings. The summed E-state index contributed by atoms with van der Waals surface area (Å²) in [5, 5.41) is 0. The molecule has 0 bridgehead atoms. The number of carbonyl (C=O) groups excluding carboxylic acids is 1. The third kappa shape index (κ3) is 3.17. The Morgan fingerprint density at radius 2 is 1.75 bits per heavy atom. The molecule has 0 amide bonds. The van der Waals surface area contributed by atoms with E-state index in [1.54, 1.807) is 0 Å². The van der Waals surface area contributed by atoms with Crippen molar-refractivity contribution in [1.82, 2.24) is 0 Å². The summed E-state index contributed by atoms with van der Waals surface area (Å²) in [6.07, 6.45) is 4.19. The highest BCUT2D eigenvalue weighted by Gasteiger charge is 2.43. The molecule has 0 saturated carbocycles. The van der Waals surface area contributed by atoms with E-state index < -0.39 is 0 Å².